The van der Waals surface area contributed by atoms with Gasteiger partial charge in [-0.15, -0.1) is 0 Å². The van der Waals surface area contributed by atoms with Gasteiger partial charge in [-0.25, -0.2) is 0 Å². The van der Waals surface area contributed by atoms with Gasteiger partial charge in [0.25, 0.3) is 0 Å². The van der Waals surface area contributed by atoms with Crippen LogP contribution in [0.1, 0.15) is 11.7 Å². The zero-order valence-corrected chi connectivity index (χ0v) is 6.72. The molecule has 0 aromatic heterocycles. The van der Waals surface area contributed by atoms with E-state index in [0.717, 1.165) is 0 Å². The van der Waals surface area contributed by atoms with Crippen molar-refractivity contribution in [2.45, 2.75) is 12.2 Å². The molecule has 66 valence electrons. The molecule has 3 heteroatoms. The van der Waals surface area contributed by atoms with Gasteiger partial charge in [-0.2, -0.15) is 0 Å². The second-order valence-electron chi connectivity index (χ2n) is 2.66. The summed E-state index contributed by atoms with van der Waals surface area (Å²) < 4.78 is 0. The molecule has 0 saturated carbocycles. The molecule has 0 spiro atoms. The summed E-state index contributed by atoms with van der Waals surface area (Å²) in [6, 6.07) is 8.97. The fraction of sp³-hybridized carbons (Fsp3) is 0.333. The van der Waals surface area contributed by atoms with Crippen LogP contribution < -0.4 is 5.73 Å². The highest BCUT2D eigenvalue weighted by atomic mass is 16.3. The number of aliphatic hydroxyl groups is 2. The van der Waals surface area contributed by atoms with Gasteiger partial charge in [0.1, 0.15) is 6.10 Å². The third-order valence-electron chi connectivity index (χ3n) is 1.75. The highest BCUT2D eigenvalue weighted by Crippen LogP contribution is 2.14. The smallest absolute Gasteiger partial charge is 0.106 e. The molecular weight excluding hydrogens is 154 g/mol. The lowest BCUT2D eigenvalue weighted by atomic mass is 10.1. The minimum absolute atomic E-state index is 0.0655. The Labute approximate surface area is 71.5 Å². The summed E-state index contributed by atoms with van der Waals surface area (Å²) in [5.74, 6) is 0. The zero-order chi connectivity index (χ0) is 8.97. The third kappa shape index (κ3) is 2.04. The van der Waals surface area contributed by atoms with E-state index in [1.807, 2.05) is 18.2 Å². The van der Waals surface area contributed by atoms with Gasteiger partial charge < -0.3 is 15.9 Å². The molecule has 0 bridgehead atoms. The molecule has 0 aliphatic heterocycles. The summed E-state index contributed by atoms with van der Waals surface area (Å²) in [5, 5.41) is 18.7. The molecule has 1 rings (SSSR count). The number of nitrogens with two attached hydrogens (primary N) is 1. The van der Waals surface area contributed by atoms with Gasteiger partial charge in [-0.05, 0) is 5.56 Å². The number of hydrogen-bond acceptors (Lipinski definition) is 3. The molecule has 4 N–H and O–H groups in total. The molecule has 0 aliphatic rings. The number of hydrogen-bond donors (Lipinski definition) is 3. The maximum atomic E-state index is 9.46. The van der Waals surface area contributed by atoms with E-state index >= 15 is 0 Å². The molecule has 0 aliphatic carbocycles. The van der Waals surface area contributed by atoms with Gasteiger partial charge in [-0.1, -0.05) is 30.3 Å². The van der Waals surface area contributed by atoms with Crippen LogP contribution in [0.2, 0.25) is 0 Å². The van der Waals surface area contributed by atoms with Crippen LogP contribution in [0, 0.1) is 0 Å². The van der Waals surface area contributed by atoms with E-state index in [4.69, 9.17) is 5.73 Å². The number of benzene rings is 1. The van der Waals surface area contributed by atoms with E-state index in [9.17, 15) is 10.2 Å². The molecule has 0 unspecified atom stereocenters. The van der Waals surface area contributed by atoms with Crippen molar-refractivity contribution in [3.63, 3.8) is 0 Å². The van der Waals surface area contributed by atoms with Crippen molar-refractivity contribution in [3.05, 3.63) is 35.9 Å². The van der Waals surface area contributed by atoms with Crippen molar-refractivity contribution < 1.29 is 10.2 Å². The highest BCUT2D eigenvalue weighted by molar-refractivity contribution is 5.18. The first-order valence-corrected chi connectivity index (χ1v) is 3.87. The Bertz CT molecular complexity index is 225. The second-order valence-corrected chi connectivity index (χ2v) is 2.66. The van der Waals surface area contributed by atoms with Gasteiger partial charge in [0, 0.05) is 6.54 Å². The molecule has 0 heterocycles. The standard InChI is InChI=1S/C9H13NO2/c10-6-8(11)9(12)7-4-2-1-3-5-7/h1-5,8-9,11-12H,6,10H2/t8-,9-/m1/s1. The van der Waals surface area contributed by atoms with E-state index < -0.39 is 12.2 Å². The maximum Gasteiger partial charge on any atom is 0.106 e. The molecule has 2 atom stereocenters. The molecule has 0 amide bonds. The van der Waals surface area contributed by atoms with Crippen LogP contribution in [0.15, 0.2) is 30.3 Å². The lowest BCUT2D eigenvalue weighted by Crippen LogP contribution is -2.27. The molecular formula is C9H13NO2. The quantitative estimate of drug-likeness (QED) is 0.595. The molecule has 1 aromatic carbocycles. The summed E-state index contributed by atoms with van der Waals surface area (Å²) >= 11 is 0. The fourth-order valence-electron chi connectivity index (χ4n) is 1.00. The fourth-order valence-corrected chi connectivity index (χ4v) is 1.00. The maximum absolute atomic E-state index is 9.46. The Morgan fingerprint density at radius 3 is 2.25 bits per heavy atom. The summed E-state index contributed by atoms with van der Waals surface area (Å²) in [5.41, 5.74) is 5.89. The predicted octanol–water partition coefficient (Wildman–Crippen LogP) is 0.0396. The summed E-state index contributed by atoms with van der Waals surface area (Å²) in [4.78, 5) is 0. The van der Waals surface area contributed by atoms with E-state index in [0.29, 0.717) is 5.56 Å². The van der Waals surface area contributed by atoms with Crippen LogP contribution in [0.4, 0.5) is 0 Å². The molecule has 12 heavy (non-hydrogen) atoms. The molecule has 0 fully saturated rings. The van der Waals surface area contributed by atoms with Crippen LogP contribution in [0.5, 0.6) is 0 Å². The first kappa shape index (κ1) is 9.19. The summed E-state index contributed by atoms with van der Waals surface area (Å²) in [6.07, 6.45) is -1.76. The first-order valence-electron chi connectivity index (χ1n) is 3.87. The molecule has 0 saturated heterocycles. The van der Waals surface area contributed by atoms with Crippen LogP contribution in [-0.2, 0) is 0 Å². The van der Waals surface area contributed by atoms with Gasteiger partial charge >= 0.3 is 0 Å². The van der Waals surface area contributed by atoms with Gasteiger partial charge in [0.05, 0.1) is 6.10 Å². The minimum Gasteiger partial charge on any atom is -0.389 e. The van der Waals surface area contributed by atoms with Crippen molar-refractivity contribution in [2.75, 3.05) is 6.54 Å². The molecule has 0 radical (unpaired) electrons. The van der Waals surface area contributed by atoms with Crippen LogP contribution >= 0.6 is 0 Å². The zero-order valence-electron chi connectivity index (χ0n) is 6.72. The topological polar surface area (TPSA) is 66.5 Å². The normalized spacial score (nSPS) is 15.6. The van der Waals surface area contributed by atoms with Gasteiger partial charge in [-0.3, -0.25) is 0 Å². The largest absolute Gasteiger partial charge is 0.389 e. The average molecular weight is 167 g/mol. The van der Waals surface area contributed by atoms with E-state index in [2.05, 4.69) is 0 Å². The van der Waals surface area contributed by atoms with Crippen LogP contribution in [0.3, 0.4) is 0 Å². The molecule has 3 nitrogen and oxygen atoms in total. The third-order valence-corrected chi connectivity index (χ3v) is 1.75. The molecule has 1 aromatic rings. The Morgan fingerprint density at radius 2 is 1.75 bits per heavy atom. The summed E-state index contributed by atoms with van der Waals surface area (Å²) in [7, 11) is 0. The number of rotatable bonds is 3. The highest BCUT2D eigenvalue weighted by Gasteiger charge is 2.15. The number of aliphatic hydroxyl groups excluding tert-OH is 2. The Hall–Kier alpha value is -0.900. The van der Waals surface area contributed by atoms with Gasteiger partial charge in [0.2, 0.25) is 0 Å². The minimum atomic E-state index is -0.882. The van der Waals surface area contributed by atoms with E-state index in [1.165, 1.54) is 0 Å². The Morgan fingerprint density at radius 1 is 1.17 bits per heavy atom. The van der Waals surface area contributed by atoms with E-state index in [1.54, 1.807) is 12.1 Å². The van der Waals surface area contributed by atoms with Crippen molar-refractivity contribution in [3.8, 4) is 0 Å². The summed E-state index contributed by atoms with van der Waals surface area (Å²) in [6.45, 7) is 0.0655. The lowest BCUT2D eigenvalue weighted by molar-refractivity contribution is 0.0243. The Balaban J connectivity index is 2.71. The van der Waals surface area contributed by atoms with Crippen LogP contribution in [-0.4, -0.2) is 22.9 Å². The lowest BCUT2D eigenvalue weighted by Gasteiger charge is -2.15. The predicted molar refractivity (Wildman–Crippen MR) is 46.5 cm³/mol. The monoisotopic (exact) mass is 167 g/mol. The second kappa shape index (κ2) is 4.21. The Kier molecular flexibility index (Phi) is 3.22. The van der Waals surface area contributed by atoms with Crippen LogP contribution in [0.25, 0.3) is 0 Å². The van der Waals surface area contributed by atoms with Crippen molar-refractivity contribution in [2.24, 2.45) is 5.73 Å². The SMILES string of the molecule is NC[C@@H](O)[C@H](O)c1ccccc1. The van der Waals surface area contributed by atoms with E-state index in [-0.39, 0.29) is 6.54 Å². The first-order chi connectivity index (χ1) is 5.75. The van der Waals surface area contributed by atoms with Crippen molar-refractivity contribution in [1.82, 2.24) is 0 Å². The van der Waals surface area contributed by atoms with Gasteiger partial charge in [0.15, 0.2) is 0 Å². The average Bonchev–Trinajstić information content (AvgIpc) is 2.17. The van der Waals surface area contributed by atoms with Crippen molar-refractivity contribution >= 4 is 0 Å². The van der Waals surface area contributed by atoms with Crippen molar-refractivity contribution in [1.29, 1.82) is 0 Å².